The number of carbonyl (C=O) groups is 2. The molecule has 0 fully saturated rings. The number of ether oxygens (including phenoxy) is 2. The molecular weight excluding hydrogens is 404 g/mol. The number of para-hydroxylation sites is 1. The molecule has 0 spiro atoms. The van der Waals surface area contributed by atoms with Crippen LogP contribution in [0.25, 0.3) is 0 Å². The molecule has 158 valence electrons. The van der Waals surface area contributed by atoms with E-state index in [9.17, 15) is 9.59 Å². The minimum absolute atomic E-state index is 0.353. The van der Waals surface area contributed by atoms with Crippen molar-refractivity contribution < 1.29 is 19.1 Å². The first kappa shape index (κ1) is 22.1. The highest BCUT2D eigenvalue weighted by atomic mass is 16.5. The molecule has 0 aromatic heterocycles. The lowest BCUT2D eigenvalue weighted by Gasteiger charge is -2.15. The van der Waals surface area contributed by atoms with Gasteiger partial charge in [0.25, 0.3) is 5.91 Å². The average molecular weight is 424 g/mol. The van der Waals surface area contributed by atoms with Crippen LogP contribution in [0.5, 0.6) is 5.75 Å². The number of nitriles is 1. The lowest BCUT2D eigenvalue weighted by Crippen LogP contribution is -2.30. The topological polar surface area (TPSA) is 88.4 Å². The number of nitrogens with one attached hydrogen (secondary N) is 1. The molecule has 0 radical (unpaired) electrons. The molecule has 0 aliphatic heterocycles. The molecule has 32 heavy (non-hydrogen) atoms. The van der Waals surface area contributed by atoms with Gasteiger partial charge in [0.15, 0.2) is 6.10 Å². The summed E-state index contributed by atoms with van der Waals surface area (Å²) in [4.78, 5) is 24.2. The summed E-state index contributed by atoms with van der Waals surface area (Å²) in [5.74, 6) is 5.60. The Morgan fingerprint density at radius 3 is 2.34 bits per heavy atom. The number of hydrogen-bond donors (Lipinski definition) is 1. The summed E-state index contributed by atoms with van der Waals surface area (Å²) in [6.07, 6.45) is -0.805. The Bertz CT molecular complexity index is 1250. The summed E-state index contributed by atoms with van der Waals surface area (Å²) >= 11 is 0. The molecule has 1 atom stereocenters. The lowest BCUT2D eigenvalue weighted by atomic mass is 10.1. The molecular formula is C26H20N2O4. The van der Waals surface area contributed by atoms with Gasteiger partial charge in [-0.1, -0.05) is 36.1 Å². The summed E-state index contributed by atoms with van der Waals surface area (Å²) < 4.78 is 10.4. The quantitative estimate of drug-likeness (QED) is 0.491. The normalized spacial score (nSPS) is 10.7. The highest BCUT2D eigenvalue weighted by Crippen LogP contribution is 2.19. The van der Waals surface area contributed by atoms with Crippen molar-refractivity contribution in [3.8, 4) is 23.7 Å². The minimum atomic E-state index is -0.805. The van der Waals surface area contributed by atoms with Crippen LogP contribution in [0.15, 0.2) is 72.8 Å². The van der Waals surface area contributed by atoms with Crippen LogP contribution >= 0.6 is 0 Å². The largest absolute Gasteiger partial charge is 0.480 e. The highest BCUT2D eigenvalue weighted by molar-refractivity contribution is 5.94. The van der Waals surface area contributed by atoms with Gasteiger partial charge < -0.3 is 14.8 Å². The zero-order chi connectivity index (χ0) is 22.9. The predicted molar refractivity (Wildman–Crippen MR) is 120 cm³/mol. The Kier molecular flexibility index (Phi) is 7.24. The lowest BCUT2D eigenvalue weighted by molar-refractivity contribution is -0.122. The maximum atomic E-state index is 12.5. The number of rotatable bonds is 5. The summed E-state index contributed by atoms with van der Waals surface area (Å²) in [5, 5.41) is 12.0. The first-order valence-electron chi connectivity index (χ1n) is 9.77. The number of hydrogen-bond acceptors (Lipinski definition) is 5. The van der Waals surface area contributed by atoms with E-state index in [-0.39, 0.29) is 5.91 Å². The zero-order valence-electron chi connectivity index (χ0n) is 17.6. The zero-order valence-corrected chi connectivity index (χ0v) is 17.6. The molecule has 3 aromatic rings. The first-order chi connectivity index (χ1) is 15.5. The number of anilines is 1. The smallest absolute Gasteiger partial charge is 0.337 e. The van der Waals surface area contributed by atoms with Crippen molar-refractivity contribution in [1.82, 2.24) is 0 Å². The Labute approximate surface area is 186 Å². The van der Waals surface area contributed by atoms with Crippen LogP contribution in [-0.2, 0) is 9.53 Å². The van der Waals surface area contributed by atoms with E-state index >= 15 is 0 Å². The number of methoxy groups -OCH3 is 1. The van der Waals surface area contributed by atoms with Crippen molar-refractivity contribution in [2.24, 2.45) is 0 Å². The van der Waals surface area contributed by atoms with Gasteiger partial charge in [0.2, 0.25) is 0 Å². The molecule has 3 rings (SSSR count). The van der Waals surface area contributed by atoms with E-state index in [0.717, 1.165) is 0 Å². The molecule has 0 bridgehead atoms. The van der Waals surface area contributed by atoms with Gasteiger partial charge in [-0.25, -0.2) is 4.79 Å². The third kappa shape index (κ3) is 5.75. The van der Waals surface area contributed by atoms with Crippen molar-refractivity contribution in [2.45, 2.75) is 13.0 Å². The summed E-state index contributed by atoms with van der Waals surface area (Å²) in [6, 6.07) is 22.7. The van der Waals surface area contributed by atoms with Crippen molar-refractivity contribution in [3.63, 3.8) is 0 Å². The number of carbonyl (C=O) groups excluding carboxylic acids is 2. The number of benzene rings is 3. The minimum Gasteiger partial charge on any atom is -0.480 e. The fraction of sp³-hybridized carbons (Fsp3) is 0.115. The van der Waals surface area contributed by atoms with E-state index in [1.54, 1.807) is 73.7 Å². The van der Waals surface area contributed by atoms with Gasteiger partial charge in [-0.2, -0.15) is 5.26 Å². The predicted octanol–water partition coefficient (Wildman–Crippen LogP) is 4.15. The van der Waals surface area contributed by atoms with Gasteiger partial charge in [-0.15, -0.1) is 0 Å². The standard InChI is InChI=1S/C26H20N2O4/c1-18(32-24-12-4-3-9-22(24)17-27)25(29)28-23-11-6-8-20(16-23)14-13-19-7-5-10-21(15-19)26(30)31-2/h3-12,15-16,18H,1-2H3,(H,28,29). The van der Waals surface area contributed by atoms with Crippen molar-refractivity contribution in [2.75, 3.05) is 12.4 Å². The molecule has 0 saturated heterocycles. The number of esters is 1. The second kappa shape index (κ2) is 10.5. The Balaban J connectivity index is 1.69. The SMILES string of the molecule is COC(=O)c1cccc(C#Cc2cccc(NC(=O)C(C)Oc3ccccc3C#N)c2)c1. The van der Waals surface area contributed by atoms with Gasteiger partial charge >= 0.3 is 5.97 Å². The third-order valence-corrected chi connectivity index (χ3v) is 4.45. The third-order valence-electron chi connectivity index (χ3n) is 4.45. The van der Waals surface area contributed by atoms with Crippen molar-refractivity contribution in [3.05, 3.63) is 95.1 Å². The molecule has 0 saturated carbocycles. The van der Waals surface area contributed by atoms with E-state index in [1.807, 2.05) is 12.1 Å². The highest BCUT2D eigenvalue weighted by Gasteiger charge is 2.16. The number of nitrogens with zero attached hydrogens (tertiary/aromatic N) is 1. The number of amides is 1. The Morgan fingerprint density at radius 1 is 0.938 bits per heavy atom. The van der Waals surface area contributed by atoms with Crippen LogP contribution in [0, 0.1) is 23.2 Å². The van der Waals surface area contributed by atoms with Gasteiger partial charge in [-0.3, -0.25) is 4.79 Å². The van der Waals surface area contributed by atoms with Crippen LogP contribution in [0.4, 0.5) is 5.69 Å². The van der Waals surface area contributed by atoms with Crippen molar-refractivity contribution in [1.29, 1.82) is 5.26 Å². The molecule has 0 heterocycles. The molecule has 0 aliphatic rings. The summed E-state index contributed by atoms with van der Waals surface area (Å²) in [7, 11) is 1.33. The monoisotopic (exact) mass is 424 g/mol. The first-order valence-corrected chi connectivity index (χ1v) is 9.77. The van der Waals surface area contributed by atoms with E-state index < -0.39 is 12.1 Å². The molecule has 6 nitrogen and oxygen atoms in total. The van der Waals surface area contributed by atoms with Crippen LogP contribution in [0.2, 0.25) is 0 Å². The molecule has 3 aromatic carbocycles. The van der Waals surface area contributed by atoms with Gasteiger partial charge in [0.1, 0.15) is 11.8 Å². The maximum absolute atomic E-state index is 12.5. The fourth-order valence-electron chi connectivity index (χ4n) is 2.81. The van der Waals surface area contributed by atoms with E-state index in [1.165, 1.54) is 7.11 Å². The summed E-state index contributed by atoms with van der Waals surface area (Å²) in [6.45, 7) is 1.61. The van der Waals surface area contributed by atoms with Crippen LogP contribution < -0.4 is 10.1 Å². The second-order valence-electron chi connectivity index (χ2n) is 6.76. The maximum Gasteiger partial charge on any atom is 0.337 e. The van der Waals surface area contributed by atoms with E-state index in [4.69, 9.17) is 14.7 Å². The van der Waals surface area contributed by atoms with Gasteiger partial charge in [0.05, 0.1) is 18.2 Å². The molecule has 1 N–H and O–H groups in total. The fourth-order valence-corrected chi connectivity index (χ4v) is 2.81. The Hall–Kier alpha value is -4.55. The van der Waals surface area contributed by atoms with E-state index in [0.29, 0.717) is 33.7 Å². The molecule has 1 amide bonds. The van der Waals surface area contributed by atoms with E-state index in [2.05, 4.69) is 17.2 Å². The van der Waals surface area contributed by atoms with Crippen LogP contribution in [0.1, 0.15) is 34.0 Å². The van der Waals surface area contributed by atoms with Crippen LogP contribution in [0.3, 0.4) is 0 Å². The average Bonchev–Trinajstić information content (AvgIpc) is 2.83. The summed E-state index contributed by atoms with van der Waals surface area (Å²) in [5.41, 5.74) is 2.71. The molecule has 0 aliphatic carbocycles. The molecule has 6 heteroatoms. The molecule has 1 unspecified atom stereocenters. The van der Waals surface area contributed by atoms with Crippen molar-refractivity contribution >= 4 is 17.6 Å². The van der Waals surface area contributed by atoms with Crippen LogP contribution in [-0.4, -0.2) is 25.1 Å². The second-order valence-corrected chi connectivity index (χ2v) is 6.76. The van der Waals surface area contributed by atoms with Gasteiger partial charge in [-0.05, 0) is 55.5 Å². The Morgan fingerprint density at radius 2 is 1.62 bits per heavy atom. The van der Waals surface area contributed by atoms with Gasteiger partial charge in [0, 0.05) is 16.8 Å².